The van der Waals surface area contributed by atoms with E-state index in [-0.39, 0.29) is 17.7 Å². The summed E-state index contributed by atoms with van der Waals surface area (Å²) in [4.78, 5) is 36.1. The van der Waals surface area contributed by atoms with Gasteiger partial charge in [-0.15, -0.1) is 0 Å². The molecule has 2 rings (SSSR count). The van der Waals surface area contributed by atoms with Crippen molar-refractivity contribution in [2.24, 2.45) is 5.92 Å². The maximum Gasteiger partial charge on any atom is 0.269 e. The van der Waals surface area contributed by atoms with Crippen molar-refractivity contribution in [1.82, 2.24) is 10.9 Å². The lowest BCUT2D eigenvalue weighted by Crippen LogP contribution is -2.41. The number of benzene rings is 2. The fraction of sp³-hybridized carbons (Fsp3) is 0.250. The first-order valence-electron chi connectivity index (χ1n) is 8.53. The highest BCUT2D eigenvalue weighted by molar-refractivity contribution is 14.1. The maximum atomic E-state index is 12.2. The van der Waals surface area contributed by atoms with E-state index in [9.17, 15) is 14.4 Å². The molecule has 3 N–H and O–H groups in total. The fourth-order valence-corrected chi connectivity index (χ4v) is 2.79. The number of aryl methyl sites for hydroxylation is 1. The molecule has 0 aliphatic carbocycles. The highest BCUT2D eigenvalue weighted by Gasteiger charge is 2.11. The summed E-state index contributed by atoms with van der Waals surface area (Å²) in [6.45, 7) is 5.90. The van der Waals surface area contributed by atoms with E-state index in [1.54, 1.807) is 36.4 Å². The van der Waals surface area contributed by atoms with E-state index in [0.717, 1.165) is 9.13 Å². The van der Waals surface area contributed by atoms with Crippen molar-refractivity contribution in [3.8, 4) is 0 Å². The molecule has 7 heteroatoms. The monoisotopic (exact) mass is 479 g/mol. The number of hydrazine groups is 1. The molecule has 0 unspecified atom stereocenters. The first kappa shape index (κ1) is 20.9. The SMILES string of the molecule is Cc1ccc(C(=O)NNC(=O)c2ccc(NC(=O)CC(C)C)cc2)cc1I. The molecule has 0 saturated carbocycles. The molecule has 0 aliphatic heterocycles. The lowest BCUT2D eigenvalue weighted by molar-refractivity contribution is -0.116. The van der Waals surface area contributed by atoms with Crippen molar-refractivity contribution >= 4 is 46.0 Å². The number of hydrogen-bond acceptors (Lipinski definition) is 3. The van der Waals surface area contributed by atoms with E-state index in [2.05, 4.69) is 38.8 Å². The summed E-state index contributed by atoms with van der Waals surface area (Å²) in [6, 6.07) is 11.8. The maximum absolute atomic E-state index is 12.2. The number of amides is 3. The van der Waals surface area contributed by atoms with E-state index in [1.807, 2.05) is 26.8 Å². The number of nitrogens with one attached hydrogen (secondary N) is 3. The molecule has 0 aliphatic rings. The summed E-state index contributed by atoms with van der Waals surface area (Å²) in [5, 5.41) is 2.78. The summed E-state index contributed by atoms with van der Waals surface area (Å²) in [5.74, 6) is -0.623. The third kappa shape index (κ3) is 6.35. The third-order valence-corrected chi connectivity index (χ3v) is 4.91. The third-order valence-electron chi connectivity index (χ3n) is 3.75. The minimum absolute atomic E-state index is 0.0674. The molecule has 6 nitrogen and oxygen atoms in total. The van der Waals surface area contributed by atoms with Gasteiger partial charge in [-0.3, -0.25) is 25.2 Å². The van der Waals surface area contributed by atoms with Crippen LogP contribution in [0.25, 0.3) is 0 Å². The minimum atomic E-state index is -0.440. The topological polar surface area (TPSA) is 87.3 Å². The van der Waals surface area contributed by atoms with Crippen LogP contribution in [0, 0.1) is 16.4 Å². The number of rotatable bonds is 5. The van der Waals surface area contributed by atoms with Crippen LogP contribution >= 0.6 is 22.6 Å². The van der Waals surface area contributed by atoms with Crippen LogP contribution in [0.2, 0.25) is 0 Å². The van der Waals surface area contributed by atoms with Crippen LogP contribution in [0.3, 0.4) is 0 Å². The van der Waals surface area contributed by atoms with E-state index >= 15 is 0 Å². The van der Waals surface area contributed by atoms with Crippen molar-refractivity contribution in [2.75, 3.05) is 5.32 Å². The van der Waals surface area contributed by atoms with Gasteiger partial charge in [-0.25, -0.2) is 0 Å². The Hall–Kier alpha value is -2.42. The van der Waals surface area contributed by atoms with Crippen molar-refractivity contribution in [2.45, 2.75) is 27.2 Å². The molecule has 0 spiro atoms. The smallest absolute Gasteiger partial charge is 0.269 e. The predicted molar refractivity (Wildman–Crippen MR) is 113 cm³/mol. The summed E-state index contributed by atoms with van der Waals surface area (Å²) < 4.78 is 0.974. The molecule has 2 aromatic carbocycles. The Bertz CT molecular complexity index is 848. The number of carbonyl (C=O) groups excluding carboxylic acids is 3. The van der Waals surface area contributed by atoms with E-state index < -0.39 is 5.91 Å². The highest BCUT2D eigenvalue weighted by Crippen LogP contribution is 2.14. The molecule has 27 heavy (non-hydrogen) atoms. The zero-order valence-electron chi connectivity index (χ0n) is 15.4. The predicted octanol–water partition coefficient (Wildman–Crippen LogP) is 3.66. The lowest BCUT2D eigenvalue weighted by atomic mass is 10.1. The standard InChI is InChI=1S/C20H22IN3O3/c1-12(2)10-18(25)22-16-8-6-14(7-9-16)19(26)23-24-20(27)15-5-4-13(3)17(21)11-15/h4-9,11-12H,10H2,1-3H3,(H,22,25)(H,23,26)(H,24,27). The highest BCUT2D eigenvalue weighted by atomic mass is 127. The normalized spacial score (nSPS) is 10.4. The largest absolute Gasteiger partial charge is 0.326 e. The quantitative estimate of drug-likeness (QED) is 0.452. The molecule has 0 fully saturated rings. The van der Waals surface area contributed by atoms with Gasteiger partial charge >= 0.3 is 0 Å². The second-order valence-electron chi connectivity index (χ2n) is 6.60. The Balaban J connectivity index is 1.91. The van der Waals surface area contributed by atoms with Crippen LogP contribution in [-0.4, -0.2) is 17.7 Å². The van der Waals surface area contributed by atoms with Crippen LogP contribution in [0.5, 0.6) is 0 Å². The summed E-state index contributed by atoms with van der Waals surface area (Å²) >= 11 is 2.15. The average molecular weight is 479 g/mol. The van der Waals surface area contributed by atoms with E-state index in [0.29, 0.717) is 23.2 Å². The van der Waals surface area contributed by atoms with Gasteiger partial charge < -0.3 is 5.32 Å². The van der Waals surface area contributed by atoms with Gasteiger partial charge in [-0.2, -0.15) is 0 Å². The lowest BCUT2D eigenvalue weighted by Gasteiger charge is -2.10. The first-order valence-corrected chi connectivity index (χ1v) is 9.61. The van der Waals surface area contributed by atoms with Crippen molar-refractivity contribution < 1.29 is 14.4 Å². The van der Waals surface area contributed by atoms with Crippen LogP contribution in [0.1, 0.15) is 46.5 Å². The van der Waals surface area contributed by atoms with Crippen LogP contribution in [0.15, 0.2) is 42.5 Å². The second kappa shape index (κ2) is 9.50. The number of hydrogen-bond donors (Lipinski definition) is 3. The van der Waals surface area contributed by atoms with Gasteiger partial charge in [0.2, 0.25) is 5.91 Å². The molecule has 0 radical (unpaired) electrons. The molecule has 0 bridgehead atoms. The molecule has 142 valence electrons. The van der Waals surface area contributed by atoms with E-state index in [1.165, 1.54) is 0 Å². The zero-order chi connectivity index (χ0) is 20.0. The first-order chi connectivity index (χ1) is 12.8. The van der Waals surface area contributed by atoms with Crippen LogP contribution < -0.4 is 16.2 Å². The van der Waals surface area contributed by atoms with Gasteiger partial charge in [0, 0.05) is 26.8 Å². The summed E-state index contributed by atoms with van der Waals surface area (Å²) in [6.07, 6.45) is 0.437. The van der Waals surface area contributed by atoms with Gasteiger partial charge in [0.05, 0.1) is 0 Å². The van der Waals surface area contributed by atoms with Crippen molar-refractivity contribution in [3.05, 3.63) is 62.7 Å². The van der Waals surface area contributed by atoms with E-state index in [4.69, 9.17) is 0 Å². The Morgan fingerprint density at radius 3 is 2.04 bits per heavy atom. The zero-order valence-corrected chi connectivity index (χ0v) is 17.6. The Labute approximate surface area is 172 Å². The van der Waals surface area contributed by atoms with Crippen molar-refractivity contribution in [1.29, 1.82) is 0 Å². The minimum Gasteiger partial charge on any atom is -0.326 e. The Kier molecular flexibility index (Phi) is 7.35. The van der Waals surface area contributed by atoms with Crippen LogP contribution in [0.4, 0.5) is 5.69 Å². The number of anilines is 1. The fourth-order valence-electron chi connectivity index (χ4n) is 2.28. The molecule has 0 aromatic heterocycles. The molecule has 0 heterocycles. The van der Waals surface area contributed by atoms with Gasteiger partial charge in [0.1, 0.15) is 0 Å². The number of halogens is 1. The average Bonchev–Trinajstić information content (AvgIpc) is 2.61. The van der Waals surface area contributed by atoms with Gasteiger partial charge in [-0.1, -0.05) is 19.9 Å². The molecule has 3 amide bonds. The van der Waals surface area contributed by atoms with Crippen molar-refractivity contribution in [3.63, 3.8) is 0 Å². The summed E-state index contributed by atoms with van der Waals surface area (Å²) in [5.41, 5.74) is 7.33. The van der Waals surface area contributed by atoms with Crippen LogP contribution in [-0.2, 0) is 4.79 Å². The molecular weight excluding hydrogens is 457 g/mol. The molecule has 0 saturated heterocycles. The van der Waals surface area contributed by atoms with Gasteiger partial charge in [-0.05, 0) is 77.4 Å². The molecule has 2 aromatic rings. The van der Waals surface area contributed by atoms with Gasteiger partial charge in [0.25, 0.3) is 11.8 Å². The van der Waals surface area contributed by atoms with Gasteiger partial charge in [0.15, 0.2) is 0 Å². The molecule has 0 atom stereocenters. The number of carbonyl (C=O) groups is 3. The second-order valence-corrected chi connectivity index (χ2v) is 7.76. The molecular formula is C20H22IN3O3. The Morgan fingerprint density at radius 2 is 1.48 bits per heavy atom. The summed E-state index contributed by atoms with van der Waals surface area (Å²) in [7, 11) is 0. The Morgan fingerprint density at radius 1 is 0.926 bits per heavy atom.